The fourth-order valence-corrected chi connectivity index (χ4v) is 4.60. The van der Waals surface area contributed by atoms with Gasteiger partial charge in [0.25, 0.3) is 5.91 Å². The van der Waals surface area contributed by atoms with Crippen molar-refractivity contribution < 1.29 is 4.79 Å². The second-order valence-corrected chi connectivity index (χ2v) is 8.45. The van der Waals surface area contributed by atoms with Crippen LogP contribution in [0.5, 0.6) is 0 Å². The van der Waals surface area contributed by atoms with Gasteiger partial charge in [0.2, 0.25) is 0 Å². The maximum absolute atomic E-state index is 12.7. The van der Waals surface area contributed by atoms with Crippen molar-refractivity contribution in [3.63, 3.8) is 0 Å². The van der Waals surface area contributed by atoms with Gasteiger partial charge in [-0.05, 0) is 62.4 Å². The van der Waals surface area contributed by atoms with E-state index in [1.807, 2.05) is 49.5 Å². The molecule has 1 aliphatic heterocycles. The molecular weight excluding hydrogens is 346 g/mol. The normalized spacial score (nSPS) is 21.0. The number of aryl methyl sites for hydroxylation is 1. The summed E-state index contributed by atoms with van der Waals surface area (Å²) in [5.41, 5.74) is 3.73. The summed E-state index contributed by atoms with van der Waals surface area (Å²) in [6.07, 6.45) is 9.95. The Morgan fingerprint density at radius 1 is 1.14 bits per heavy atom. The fourth-order valence-electron chi connectivity index (χ4n) is 4.60. The third-order valence-electron chi connectivity index (χ3n) is 6.29. The molecule has 1 amide bonds. The number of carbonyl (C=O) groups is 1. The zero-order valence-corrected chi connectivity index (χ0v) is 16.9. The van der Waals surface area contributed by atoms with Gasteiger partial charge in [-0.25, -0.2) is 0 Å². The Hall–Kier alpha value is -2.20. The molecule has 2 fully saturated rings. The molecule has 2 aliphatic rings. The minimum Gasteiger partial charge on any atom is -0.352 e. The Labute approximate surface area is 168 Å². The molecule has 1 saturated heterocycles. The lowest BCUT2D eigenvalue weighted by Crippen LogP contribution is -2.36. The number of rotatable bonds is 5. The summed E-state index contributed by atoms with van der Waals surface area (Å²) in [6.45, 7) is 5.13. The van der Waals surface area contributed by atoms with Gasteiger partial charge in [0, 0.05) is 36.5 Å². The third-order valence-corrected chi connectivity index (χ3v) is 6.29. The van der Waals surface area contributed by atoms with Crippen molar-refractivity contribution >= 4 is 5.91 Å². The van der Waals surface area contributed by atoms with E-state index in [1.54, 1.807) is 0 Å². The molecule has 28 heavy (non-hydrogen) atoms. The zero-order chi connectivity index (χ0) is 19.3. The standard InChI is InChI=1S/C24H31N3O/c1-18-10-11-23(25-15-18)20-6-5-7-21(14-20)24(28)26-16-19-12-13-27(17-19)22-8-3-2-4-9-22/h5-7,10-11,14-15,19,22H,2-4,8-9,12-13,16-17H2,1H3,(H,26,28)/t19-/m0/s1. The van der Waals surface area contributed by atoms with Crippen molar-refractivity contribution in [3.8, 4) is 11.3 Å². The lowest BCUT2D eigenvalue weighted by molar-refractivity contribution is 0.0946. The van der Waals surface area contributed by atoms with Crippen LogP contribution in [0.1, 0.15) is 54.4 Å². The number of benzene rings is 1. The Balaban J connectivity index is 1.32. The summed E-state index contributed by atoms with van der Waals surface area (Å²) in [5.74, 6) is 0.595. The predicted molar refractivity (Wildman–Crippen MR) is 113 cm³/mol. The number of nitrogens with one attached hydrogen (secondary N) is 1. The highest BCUT2D eigenvalue weighted by Crippen LogP contribution is 2.27. The highest BCUT2D eigenvalue weighted by Gasteiger charge is 2.29. The summed E-state index contributed by atoms with van der Waals surface area (Å²) in [6, 6.07) is 12.6. The smallest absolute Gasteiger partial charge is 0.251 e. The molecular formula is C24H31N3O. The minimum atomic E-state index is 0.0186. The van der Waals surface area contributed by atoms with Gasteiger partial charge < -0.3 is 10.2 Å². The minimum absolute atomic E-state index is 0.0186. The molecule has 1 aromatic heterocycles. The molecule has 1 aromatic carbocycles. The number of amides is 1. The van der Waals surface area contributed by atoms with E-state index in [9.17, 15) is 4.79 Å². The number of hydrogen-bond donors (Lipinski definition) is 1. The van der Waals surface area contributed by atoms with Crippen molar-refractivity contribution in [2.24, 2.45) is 5.92 Å². The lowest BCUT2D eigenvalue weighted by Gasteiger charge is -2.31. The average molecular weight is 378 g/mol. The number of nitrogens with zero attached hydrogens (tertiary/aromatic N) is 2. The molecule has 0 spiro atoms. The van der Waals surface area contributed by atoms with E-state index in [2.05, 4.69) is 15.2 Å². The van der Waals surface area contributed by atoms with Gasteiger partial charge in [-0.2, -0.15) is 0 Å². The van der Waals surface area contributed by atoms with E-state index in [1.165, 1.54) is 45.1 Å². The second-order valence-electron chi connectivity index (χ2n) is 8.45. The van der Waals surface area contributed by atoms with Crippen LogP contribution in [0.4, 0.5) is 0 Å². The van der Waals surface area contributed by atoms with Gasteiger partial charge in [-0.3, -0.25) is 9.78 Å². The number of likely N-dealkylation sites (tertiary alicyclic amines) is 1. The average Bonchev–Trinajstić information content (AvgIpc) is 3.22. The molecule has 4 rings (SSSR count). The topological polar surface area (TPSA) is 45.2 Å². The van der Waals surface area contributed by atoms with Crippen molar-refractivity contribution in [3.05, 3.63) is 53.7 Å². The van der Waals surface area contributed by atoms with Crippen LogP contribution in [0.3, 0.4) is 0 Å². The lowest BCUT2D eigenvalue weighted by atomic mass is 9.94. The fraction of sp³-hybridized carbons (Fsp3) is 0.500. The Bertz CT molecular complexity index is 796. The molecule has 2 aromatic rings. The first-order valence-electron chi connectivity index (χ1n) is 10.7. The maximum atomic E-state index is 12.7. The van der Waals surface area contributed by atoms with E-state index < -0.39 is 0 Å². The van der Waals surface area contributed by atoms with Gasteiger partial charge in [0.15, 0.2) is 0 Å². The number of hydrogen-bond acceptors (Lipinski definition) is 3. The van der Waals surface area contributed by atoms with Crippen LogP contribution in [0.15, 0.2) is 42.6 Å². The van der Waals surface area contributed by atoms with Crippen LogP contribution in [0, 0.1) is 12.8 Å². The SMILES string of the molecule is Cc1ccc(-c2cccc(C(=O)NC[C@@H]3CCN(C4CCCCC4)C3)c2)nc1. The Morgan fingerprint density at radius 2 is 2.00 bits per heavy atom. The van der Waals surface area contributed by atoms with Crippen LogP contribution < -0.4 is 5.32 Å². The molecule has 1 atom stereocenters. The monoisotopic (exact) mass is 377 g/mol. The molecule has 2 heterocycles. The van der Waals surface area contributed by atoms with Gasteiger partial charge in [-0.1, -0.05) is 37.5 Å². The number of aromatic nitrogens is 1. The molecule has 1 N–H and O–H groups in total. The quantitative estimate of drug-likeness (QED) is 0.838. The number of pyridine rings is 1. The molecule has 4 heteroatoms. The number of carbonyl (C=O) groups excluding carboxylic acids is 1. The molecule has 148 valence electrons. The van der Waals surface area contributed by atoms with Crippen LogP contribution >= 0.6 is 0 Å². The van der Waals surface area contributed by atoms with Crippen LogP contribution in [-0.4, -0.2) is 41.5 Å². The molecule has 4 nitrogen and oxygen atoms in total. The van der Waals surface area contributed by atoms with E-state index in [0.29, 0.717) is 11.5 Å². The predicted octanol–water partition coefficient (Wildman–Crippen LogP) is 4.44. The summed E-state index contributed by atoms with van der Waals surface area (Å²) in [7, 11) is 0. The largest absolute Gasteiger partial charge is 0.352 e. The first kappa shape index (κ1) is 19.1. The van der Waals surface area contributed by atoms with E-state index in [4.69, 9.17) is 0 Å². The highest BCUT2D eigenvalue weighted by atomic mass is 16.1. The molecule has 0 unspecified atom stereocenters. The molecule has 1 aliphatic carbocycles. The van der Waals surface area contributed by atoms with Crippen LogP contribution in [-0.2, 0) is 0 Å². The molecule has 0 radical (unpaired) electrons. The van der Waals surface area contributed by atoms with E-state index in [0.717, 1.165) is 36.0 Å². The van der Waals surface area contributed by atoms with E-state index >= 15 is 0 Å². The zero-order valence-electron chi connectivity index (χ0n) is 16.9. The van der Waals surface area contributed by atoms with Gasteiger partial charge in [0.1, 0.15) is 0 Å². The molecule has 0 bridgehead atoms. The summed E-state index contributed by atoms with van der Waals surface area (Å²) < 4.78 is 0. The maximum Gasteiger partial charge on any atom is 0.251 e. The third kappa shape index (κ3) is 4.61. The summed E-state index contributed by atoms with van der Waals surface area (Å²) >= 11 is 0. The van der Waals surface area contributed by atoms with Crippen molar-refractivity contribution in [1.29, 1.82) is 0 Å². The van der Waals surface area contributed by atoms with Crippen LogP contribution in [0.25, 0.3) is 11.3 Å². The van der Waals surface area contributed by atoms with Gasteiger partial charge in [-0.15, -0.1) is 0 Å². The van der Waals surface area contributed by atoms with Crippen molar-refractivity contribution in [2.45, 2.75) is 51.5 Å². The first-order chi connectivity index (χ1) is 13.7. The van der Waals surface area contributed by atoms with Gasteiger partial charge in [0.05, 0.1) is 5.69 Å². The summed E-state index contributed by atoms with van der Waals surface area (Å²) in [4.78, 5) is 19.8. The molecule has 1 saturated carbocycles. The van der Waals surface area contributed by atoms with Crippen molar-refractivity contribution in [1.82, 2.24) is 15.2 Å². The second kappa shape index (κ2) is 8.87. The van der Waals surface area contributed by atoms with Crippen LogP contribution in [0.2, 0.25) is 0 Å². The van der Waals surface area contributed by atoms with Crippen molar-refractivity contribution in [2.75, 3.05) is 19.6 Å². The Kier molecular flexibility index (Phi) is 6.06. The van der Waals surface area contributed by atoms with E-state index in [-0.39, 0.29) is 5.91 Å². The highest BCUT2D eigenvalue weighted by molar-refractivity contribution is 5.95. The summed E-state index contributed by atoms with van der Waals surface area (Å²) in [5, 5.41) is 3.17. The Morgan fingerprint density at radius 3 is 2.79 bits per heavy atom. The first-order valence-corrected chi connectivity index (χ1v) is 10.7. The van der Waals surface area contributed by atoms with Gasteiger partial charge >= 0.3 is 0 Å².